The molecule has 0 aromatic rings. The maximum Gasteiger partial charge on any atom is 0.0222 e. The predicted molar refractivity (Wildman–Crippen MR) is 51.0 cm³/mol. The van der Waals surface area contributed by atoms with Crippen LogP contribution in [-0.2, 0) is 0 Å². The first-order valence-corrected chi connectivity index (χ1v) is 5.32. The molecule has 1 aliphatic carbocycles. The van der Waals surface area contributed by atoms with Gasteiger partial charge >= 0.3 is 0 Å². The van der Waals surface area contributed by atoms with Crippen molar-refractivity contribution in [3.8, 4) is 0 Å². The Kier molecular flexibility index (Phi) is 2.37. The van der Waals surface area contributed by atoms with Crippen LogP contribution in [0.2, 0.25) is 0 Å². The third-order valence-corrected chi connectivity index (χ3v) is 3.78. The van der Waals surface area contributed by atoms with Crippen LogP contribution in [-0.4, -0.2) is 18.6 Å². The van der Waals surface area contributed by atoms with Crippen molar-refractivity contribution >= 4 is 0 Å². The van der Waals surface area contributed by atoms with Crippen LogP contribution in [0.5, 0.6) is 0 Å². The largest absolute Gasteiger partial charge is 0.330 e. The van der Waals surface area contributed by atoms with Crippen LogP contribution in [0.15, 0.2) is 0 Å². The fourth-order valence-electron chi connectivity index (χ4n) is 3.03. The average Bonchev–Trinajstić information content (AvgIpc) is 2.49. The molecule has 1 heterocycles. The van der Waals surface area contributed by atoms with Crippen LogP contribution in [0.4, 0.5) is 0 Å². The summed E-state index contributed by atoms with van der Waals surface area (Å²) in [4.78, 5) is 0. The summed E-state index contributed by atoms with van der Waals surface area (Å²) in [6.07, 6.45) is 8.29. The first-order chi connectivity index (χ1) is 5.87. The molecular weight excluding hydrogens is 148 g/mol. The molecule has 1 unspecified atom stereocenters. The molecular formula is C10H20N2. The van der Waals surface area contributed by atoms with Gasteiger partial charge in [-0.05, 0) is 38.3 Å². The van der Waals surface area contributed by atoms with Crippen molar-refractivity contribution in [2.24, 2.45) is 11.7 Å². The SMILES string of the molecule is NCC1CCNC12CCCCC2. The van der Waals surface area contributed by atoms with Crippen molar-refractivity contribution < 1.29 is 0 Å². The van der Waals surface area contributed by atoms with Gasteiger partial charge in [-0.15, -0.1) is 0 Å². The summed E-state index contributed by atoms with van der Waals surface area (Å²) in [6, 6.07) is 0. The molecule has 0 bridgehead atoms. The Morgan fingerprint density at radius 3 is 2.67 bits per heavy atom. The minimum atomic E-state index is 0.465. The highest BCUT2D eigenvalue weighted by Crippen LogP contribution is 2.38. The quantitative estimate of drug-likeness (QED) is 0.618. The van der Waals surface area contributed by atoms with E-state index in [1.54, 1.807) is 0 Å². The highest BCUT2D eigenvalue weighted by Gasteiger charge is 2.41. The van der Waals surface area contributed by atoms with Crippen molar-refractivity contribution in [3.63, 3.8) is 0 Å². The first kappa shape index (κ1) is 8.52. The minimum absolute atomic E-state index is 0.465. The Morgan fingerprint density at radius 1 is 1.25 bits per heavy atom. The van der Waals surface area contributed by atoms with Crippen LogP contribution in [0.1, 0.15) is 38.5 Å². The van der Waals surface area contributed by atoms with Crippen molar-refractivity contribution in [1.82, 2.24) is 5.32 Å². The van der Waals surface area contributed by atoms with Crippen molar-refractivity contribution in [3.05, 3.63) is 0 Å². The van der Waals surface area contributed by atoms with E-state index in [0.717, 1.165) is 12.5 Å². The number of nitrogens with two attached hydrogens (primary N) is 1. The smallest absolute Gasteiger partial charge is 0.0222 e. The monoisotopic (exact) mass is 168 g/mol. The molecule has 2 fully saturated rings. The lowest BCUT2D eigenvalue weighted by molar-refractivity contribution is 0.201. The van der Waals surface area contributed by atoms with Gasteiger partial charge in [0, 0.05) is 5.54 Å². The molecule has 0 amide bonds. The van der Waals surface area contributed by atoms with E-state index in [0.29, 0.717) is 5.54 Å². The lowest BCUT2D eigenvalue weighted by atomic mass is 9.74. The molecule has 0 aromatic heterocycles. The highest BCUT2D eigenvalue weighted by molar-refractivity contribution is 5.01. The maximum atomic E-state index is 5.80. The zero-order valence-corrected chi connectivity index (χ0v) is 7.81. The molecule has 2 nitrogen and oxygen atoms in total. The van der Waals surface area contributed by atoms with E-state index >= 15 is 0 Å². The van der Waals surface area contributed by atoms with E-state index in [1.165, 1.54) is 45.1 Å². The fraction of sp³-hybridized carbons (Fsp3) is 1.00. The van der Waals surface area contributed by atoms with Gasteiger partial charge in [0.1, 0.15) is 0 Å². The predicted octanol–water partition coefficient (Wildman–Crippen LogP) is 1.26. The van der Waals surface area contributed by atoms with Gasteiger partial charge in [0.05, 0.1) is 0 Å². The van der Waals surface area contributed by atoms with Crippen LogP contribution < -0.4 is 11.1 Å². The Balaban J connectivity index is 2.05. The third kappa shape index (κ3) is 1.27. The Bertz CT molecular complexity index is 150. The molecule has 70 valence electrons. The van der Waals surface area contributed by atoms with Gasteiger partial charge in [-0.3, -0.25) is 0 Å². The van der Waals surface area contributed by atoms with Gasteiger partial charge in [0.15, 0.2) is 0 Å². The molecule has 0 radical (unpaired) electrons. The van der Waals surface area contributed by atoms with E-state index in [-0.39, 0.29) is 0 Å². The molecule has 2 rings (SSSR count). The zero-order valence-electron chi connectivity index (χ0n) is 7.81. The van der Waals surface area contributed by atoms with E-state index in [4.69, 9.17) is 5.73 Å². The zero-order chi connectivity index (χ0) is 8.44. The number of hydrogen-bond acceptors (Lipinski definition) is 2. The highest BCUT2D eigenvalue weighted by atomic mass is 15.0. The van der Waals surface area contributed by atoms with Gasteiger partial charge in [0.25, 0.3) is 0 Å². The van der Waals surface area contributed by atoms with Gasteiger partial charge in [-0.2, -0.15) is 0 Å². The lowest BCUT2D eigenvalue weighted by Gasteiger charge is -2.38. The standard InChI is InChI=1S/C10H20N2/c11-8-9-4-7-12-10(9)5-2-1-3-6-10/h9,12H,1-8,11H2. The normalized spacial score (nSPS) is 34.2. The summed E-state index contributed by atoms with van der Waals surface area (Å²) >= 11 is 0. The van der Waals surface area contributed by atoms with E-state index < -0.39 is 0 Å². The average molecular weight is 168 g/mol. The van der Waals surface area contributed by atoms with Crippen LogP contribution in [0.25, 0.3) is 0 Å². The van der Waals surface area contributed by atoms with Gasteiger partial charge in [-0.25, -0.2) is 0 Å². The topological polar surface area (TPSA) is 38.0 Å². The summed E-state index contributed by atoms with van der Waals surface area (Å²) in [5.41, 5.74) is 6.26. The lowest BCUT2D eigenvalue weighted by Crippen LogP contribution is -2.48. The second kappa shape index (κ2) is 3.35. The van der Waals surface area contributed by atoms with Crippen molar-refractivity contribution in [2.75, 3.05) is 13.1 Å². The molecule has 3 N–H and O–H groups in total. The van der Waals surface area contributed by atoms with Crippen molar-refractivity contribution in [1.29, 1.82) is 0 Å². The number of hydrogen-bond donors (Lipinski definition) is 2. The van der Waals surface area contributed by atoms with Crippen LogP contribution in [0, 0.1) is 5.92 Å². The molecule has 1 aliphatic heterocycles. The molecule has 2 aliphatic rings. The van der Waals surface area contributed by atoms with Gasteiger partial charge in [0.2, 0.25) is 0 Å². The molecule has 1 saturated heterocycles. The molecule has 1 spiro atoms. The summed E-state index contributed by atoms with van der Waals surface area (Å²) in [7, 11) is 0. The number of nitrogens with one attached hydrogen (secondary N) is 1. The summed E-state index contributed by atoms with van der Waals surface area (Å²) in [5, 5.41) is 3.69. The Morgan fingerprint density at radius 2 is 2.00 bits per heavy atom. The molecule has 0 aromatic carbocycles. The minimum Gasteiger partial charge on any atom is -0.330 e. The summed E-state index contributed by atoms with van der Waals surface area (Å²) in [5.74, 6) is 0.762. The van der Waals surface area contributed by atoms with Crippen LogP contribution in [0.3, 0.4) is 0 Å². The fourth-order valence-corrected chi connectivity index (χ4v) is 3.03. The molecule has 1 atom stereocenters. The van der Waals surface area contributed by atoms with Gasteiger partial charge in [-0.1, -0.05) is 19.3 Å². The second-order valence-corrected chi connectivity index (χ2v) is 4.36. The molecule has 2 heteroatoms. The molecule has 12 heavy (non-hydrogen) atoms. The maximum absolute atomic E-state index is 5.80. The summed E-state index contributed by atoms with van der Waals surface area (Å²) < 4.78 is 0. The van der Waals surface area contributed by atoms with E-state index in [1.807, 2.05) is 0 Å². The van der Waals surface area contributed by atoms with Crippen LogP contribution >= 0.6 is 0 Å². The van der Waals surface area contributed by atoms with E-state index in [9.17, 15) is 0 Å². The Hall–Kier alpha value is -0.0800. The molecule has 1 saturated carbocycles. The van der Waals surface area contributed by atoms with E-state index in [2.05, 4.69) is 5.32 Å². The first-order valence-electron chi connectivity index (χ1n) is 5.32. The second-order valence-electron chi connectivity index (χ2n) is 4.36. The summed E-state index contributed by atoms with van der Waals surface area (Å²) in [6.45, 7) is 2.08. The Labute approximate surface area is 74.9 Å². The van der Waals surface area contributed by atoms with Crippen molar-refractivity contribution in [2.45, 2.75) is 44.1 Å². The number of rotatable bonds is 1. The third-order valence-electron chi connectivity index (χ3n) is 3.78. The van der Waals surface area contributed by atoms with Gasteiger partial charge < -0.3 is 11.1 Å².